The molecule has 0 aliphatic carbocycles. The average molecular weight is 646 g/mol. The van der Waals surface area contributed by atoms with Gasteiger partial charge < -0.3 is 30.6 Å². The van der Waals surface area contributed by atoms with E-state index in [1.54, 1.807) is 18.2 Å². The number of pyridine rings is 1. The van der Waals surface area contributed by atoms with Crippen molar-refractivity contribution in [2.75, 3.05) is 13.1 Å². The minimum absolute atomic E-state index is 0.236. The van der Waals surface area contributed by atoms with Crippen LogP contribution in [0.25, 0.3) is 0 Å². The van der Waals surface area contributed by atoms with Crippen molar-refractivity contribution >= 4 is 11.8 Å². The molecule has 0 aromatic carbocycles. The summed E-state index contributed by atoms with van der Waals surface area (Å²) in [6.45, 7) is 14.5. The first kappa shape index (κ1) is 31.8. The Labute approximate surface area is 282 Å². The Morgan fingerprint density at radius 1 is 0.479 bits per heavy atom. The summed E-state index contributed by atoms with van der Waals surface area (Å²) in [4.78, 5) is 46.1. The molecule has 0 atom stereocenters. The second-order valence-electron chi connectivity index (χ2n) is 15.2. The molecule has 0 fully saturated rings. The molecule has 0 radical (unpaired) electrons. The monoisotopic (exact) mass is 645 g/mol. The van der Waals surface area contributed by atoms with Crippen molar-refractivity contribution in [1.82, 2.24) is 35.6 Å². The molecule has 48 heavy (non-hydrogen) atoms. The summed E-state index contributed by atoms with van der Waals surface area (Å²) >= 11 is 0. The van der Waals surface area contributed by atoms with Gasteiger partial charge in [-0.05, 0) is 128 Å². The van der Waals surface area contributed by atoms with Gasteiger partial charge in [0.25, 0.3) is 11.8 Å². The van der Waals surface area contributed by atoms with Gasteiger partial charge in [-0.15, -0.1) is 0 Å². The number of amides is 2. The Morgan fingerprint density at radius 2 is 0.792 bits per heavy atom. The lowest BCUT2D eigenvalue weighted by atomic mass is 9.79. The van der Waals surface area contributed by atoms with Crippen molar-refractivity contribution in [2.45, 2.75) is 88.9 Å². The molecule has 0 saturated carbocycles. The van der Waals surface area contributed by atoms with Crippen LogP contribution in [-0.2, 0) is 21.7 Å². The minimum atomic E-state index is -0.391. The lowest BCUT2D eigenvalue weighted by molar-refractivity contribution is 0.0943. The van der Waals surface area contributed by atoms with Crippen LogP contribution in [0, 0.1) is 0 Å². The Morgan fingerprint density at radius 3 is 1.12 bits per heavy atom. The number of fused-ring (bicyclic) bond motifs is 8. The molecule has 12 bridgehead atoms. The molecular weight excluding hydrogens is 598 g/mol. The maximum atomic E-state index is 13.1. The molecular formula is C39H47N7O2. The number of hydrogen-bond donors (Lipinski definition) is 6. The van der Waals surface area contributed by atoms with E-state index in [-0.39, 0.29) is 34.0 Å². The summed E-state index contributed by atoms with van der Waals surface area (Å²) in [5, 5.41) is 6.08. The smallest absolute Gasteiger partial charge is 0.269 e. The lowest BCUT2D eigenvalue weighted by Crippen LogP contribution is -2.32. The van der Waals surface area contributed by atoms with Crippen LogP contribution in [-0.4, -0.2) is 49.8 Å². The maximum Gasteiger partial charge on any atom is 0.269 e. The largest absolute Gasteiger partial charge is 0.361 e. The molecule has 3 aliphatic rings. The van der Waals surface area contributed by atoms with E-state index in [0.29, 0.717) is 13.1 Å². The SMILES string of the molecule is CC1(C)c2ccc([nH]2)C2(C)CCCNC(=O)c3cccc(n3)C(=O)NCCCC(C)(c3ccc1[nH]3)c1ccc([nH]1)C(C)(C)c1ccc2[nH]1. The van der Waals surface area contributed by atoms with Crippen LogP contribution in [0.2, 0.25) is 0 Å². The fourth-order valence-electron chi connectivity index (χ4n) is 7.60. The first-order valence-corrected chi connectivity index (χ1v) is 17.2. The second-order valence-corrected chi connectivity index (χ2v) is 15.2. The minimum Gasteiger partial charge on any atom is -0.361 e. The highest BCUT2D eigenvalue weighted by Gasteiger charge is 2.39. The van der Waals surface area contributed by atoms with Crippen molar-refractivity contribution in [3.8, 4) is 0 Å². The van der Waals surface area contributed by atoms with Gasteiger partial charge in [0.05, 0.1) is 0 Å². The highest BCUT2D eigenvalue weighted by molar-refractivity contribution is 5.96. The molecule has 5 aromatic heterocycles. The zero-order valence-electron chi connectivity index (χ0n) is 28.9. The summed E-state index contributed by atoms with van der Waals surface area (Å²) in [5.74, 6) is -0.568. The normalized spacial score (nSPS) is 24.0. The summed E-state index contributed by atoms with van der Waals surface area (Å²) < 4.78 is 0. The maximum absolute atomic E-state index is 13.1. The van der Waals surface area contributed by atoms with Gasteiger partial charge in [-0.25, -0.2) is 4.98 Å². The number of hydrogen-bond acceptors (Lipinski definition) is 3. The number of nitrogens with one attached hydrogen (secondary N) is 6. The molecule has 0 unspecified atom stereocenters. The van der Waals surface area contributed by atoms with E-state index in [1.807, 2.05) is 0 Å². The molecule has 3 aliphatic heterocycles. The molecule has 2 amide bonds. The van der Waals surface area contributed by atoms with Crippen LogP contribution >= 0.6 is 0 Å². The topological polar surface area (TPSA) is 134 Å². The van der Waals surface area contributed by atoms with E-state index in [9.17, 15) is 9.59 Å². The standard InChI is InChI=1S/C39H47N7O2/c1-36(2)26-12-16-30(43-26)38(5)20-8-22-40-34(47)24-10-7-11-25(42-24)35(48)41-23-9-21-39(6,31-17-13-27(36)44-31)33-19-15-29(46-33)37(3,4)28-14-18-32(38)45-28/h7,10-19,43-46H,8-9,20-23H2,1-6H3,(H,40,47)(H,41,48). The van der Waals surface area contributed by atoms with Crippen molar-refractivity contribution in [1.29, 1.82) is 0 Å². The van der Waals surface area contributed by atoms with E-state index < -0.39 is 10.8 Å². The van der Waals surface area contributed by atoms with Crippen LogP contribution in [0.1, 0.15) is 134 Å². The molecule has 0 saturated heterocycles. The number of nitrogens with zero attached hydrogens (tertiary/aromatic N) is 1. The van der Waals surface area contributed by atoms with Gasteiger partial charge in [0.1, 0.15) is 11.4 Å². The Bertz CT molecular complexity index is 1760. The summed E-state index contributed by atoms with van der Waals surface area (Å²) in [6.07, 6.45) is 3.02. The van der Waals surface area contributed by atoms with E-state index >= 15 is 0 Å². The molecule has 5 aromatic rings. The third kappa shape index (κ3) is 5.20. The van der Waals surface area contributed by atoms with Gasteiger partial charge in [-0.3, -0.25) is 9.59 Å². The predicted octanol–water partition coefficient (Wildman–Crippen LogP) is 6.71. The fourth-order valence-corrected chi connectivity index (χ4v) is 7.60. The Kier molecular flexibility index (Phi) is 7.57. The molecule has 9 heteroatoms. The highest BCUT2D eigenvalue weighted by Crippen LogP contribution is 2.43. The third-order valence-electron chi connectivity index (χ3n) is 11.3. The van der Waals surface area contributed by atoms with Crippen molar-refractivity contribution < 1.29 is 9.59 Å². The van der Waals surface area contributed by atoms with Crippen LogP contribution in [0.15, 0.2) is 66.7 Å². The summed E-state index contributed by atoms with van der Waals surface area (Å²) in [7, 11) is 0. The predicted molar refractivity (Wildman–Crippen MR) is 188 cm³/mol. The van der Waals surface area contributed by atoms with Gasteiger partial charge >= 0.3 is 0 Å². The average Bonchev–Trinajstić information content (AvgIpc) is 3.90. The fraction of sp³-hybridized carbons (Fsp3) is 0.410. The molecule has 0 spiro atoms. The molecule has 6 N–H and O–H groups in total. The molecule has 250 valence electrons. The number of carbonyl (C=O) groups excluding carboxylic acids is 2. The van der Waals surface area contributed by atoms with Gasteiger partial charge in [0, 0.05) is 80.3 Å². The summed E-state index contributed by atoms with van der Waals surface area (Å²) in [5.41, 5.74) is 8.05. The molecule has 8 rings (SSSR count). The number of aromatic amines is 4. The Balaban J connectivity index is 1.40. The van der Waals surface area contributed by atoms with E-state index in [2.05, 4.69) is 126 Å². The van der Waals surface area contributed by atoms with E-state index in [4.69, 9.17) is 0 Å². The summed E-state index contributed by atoms with van der Waals surface area (Å²) in [6, 6.07) is 22.8. The van der Waals surface area contributed by atoms with Crippen molar-refractivity contribution in [3.05, 3.63) is 124 Å². The third-order valence-corrected chi connectivity index (χ3v) is 11.3. The second kappa shape index (κ2) is 11.4. The zero-order chi connectivity index (χ0) is 33.9. The van der Waals surface area contributed by atoms with Gasteiger partial charge in [0.15, 0.2) is 0 Å². The van der Waals surface area contributed by atoms with Crippen LogP contribution < -0.4 is 10.6 Å². The molecule has 8 heterocycles. The van der Waals surface area contributed by atoms with Crippen LogP contribution in [0.3, 0.4) is 0 Å². The lowest BCUT2D eigenvalue weighted by Gasteiger charge is -2.31. The highest BCUT2D eigenvalue weighted by atomic mass is 16.2. The first-order valence-electron chi connectivity index (χ1n) is 17.2. The quantitative estimate of drug-likeness (QED) is 0.112. The number of aromatic nitrogens is 5. The Hall–Kier alpha value is -4.79. The van der Waals surface area contributed by atoms with Gasteiger partial charge in [-0.1, -0.05) is 6.07 Å². The first-order chi connectivity index (χ1) is 22.8. The number of carbonyl (C=O) groups is 2. The van der Waals surface area contributed by atoms with Gasteiger partial charge in [0.2, 0.25) is 0 Å². The van der Waals surface area contributed by atoms with Crippen LogP contribution in [0.5, 0.6) is 0 Å². The van der Waals surface area contributed by atoms with Crippen molar-refractivity contribution in [2.24, 2.45) is 0 Å². The van der Waals surface area contributed by atoms with Crippen LogP contribution in [0.4, 0.5) is 0 Å². The van der Waals surface area contributed by atoms with Crippen molar-refractivity contribution in [3.63, 3.8) is 0 Å². The van der Waals surface area contributed by atoms with E-state index in [0.717, 1.165) is 71.2 Å². The zero-order valence-corrected chi connectivity index (χ0v) is 28.9. The molecule has 9 nitrogen and oxygen atoms in total. The number of H-pyrrole nitrogens is 4. The number of rotatable bonds is 0. The van der Waals surface area contributed by atoms with Gasteiger partial charge in [-0.2, -0.15) is 0 Å². The van der Waals surface area contributed by atoms with E-state index in [1.165, 1.54) is 0 Å².